The first-order valence-corrected chi connectivity index (χ1v) is 35.1. The number of nitrogens with one attached hydrogen (secondary N) is 4. The number of halogens is 2. The van der Waals surface area contributed by atoms with Crippen molar-refractivity contribution in [3.05, 3.63) is 143 Å². The van der Waals surface area contributed by atoms with Gasteiger partial charge in [0.1, 0.15) is 31.0 Å². The smallest absolute Gasteiger partial charge is 0.296 e. The van der Waals surface area contributed by atoms with E-state index in [1.807, 2.05) is 0 Å². The Morgan fingerprint density at radius 2 is 0.656 bits per heavy atom. The van der Waals surface area contributed by atoms with Crippen LogP contribution in [0.3, 0.4) is 0 Å². The van der Waals surface area contributed by atoms with Crippen LogP contribution in [0.1, 0.15) is 11.4 Å². The quantitative estimate of drug-likeness (QED) is 0.0236. The fraction of sp³-hybridized carbons (Fsp3) is 0.0400. The van der Waals surface area contributed by atoms with E-state index < -0.39 is 147 Å². The molecule has 6 aromatic carbocycles. The highest BCUT2D eigenvalue weighted by Gasteiger charge is 2.27. The zero-order chi connectivity index (χ0) is 69.8. The van der Waals surface area contributed by atoms with Crippen LogP contribution in [0.2, 0.25) is 10.6 Å². The van der Waals surface area contributed by atoms with Gasteiger partial charge in [0.2, 0.25) is 46.1 Å². The summed E-state index contributed by atoms with van der Waals surface area (Å²) >= 11 is 12.5. The molecule has 498 valence electrons. The highest BCUT2D eigenvalue weighted by atomic mass is 35.5. The van der Waals surface area contributed by atoms with Crippen LogP contribution in [-0.2, 0) is 60.7 Å². The number of rotatable bonds is 21. The summed E-state index contributed by atoms with van der Waals surface area (Å²) in [5.41, 5.74) is -2.77. The molecule has 0 radical (unpaired) electrons. The van der Waals surface area contributed by atoms with E-state index in [4.69, 9.17) is 23.2 Å². The third-order valence-electron chi connectivity index (χ3n) is 12.8. The summed E-state index contributed by atoms with van der Waals surface area (Å²) in [5.74, 6) is -2.82. The zero-order valence-electron chi connectivity index (χ0n) is 47.5. The molecule has 0 atom stereocenters. The molecule has 0 amide bonds. The monoisotopic (exact) mass is 1470 g/mol. The molecular weight excluding hydrogens is 1440 g/mol. The van der Waals surface area contributed by atoms with Crippen LogP contribution >= 0.6 is 23.2 Å². The second-order valence-corrected chi connectivity index (χ2v) is 28.4. The minimum absolute atomic E-state index is 0.0347. The first-order chi connectivity index (χ1) is 44.8. The first-order valence-electron chi connectivity index (χ1n) is 25.7. The third kappa shape index (κ3) is 15.6. The van der Waals surface area contributed by atoms with Crippen LogP contribution in [0.15, 0.2) is 171 Å². The molecule has 0 bridgehead atoms. The van der Waals surface area contributed by atoms with Crippen LogP contribution in [-0.4, -0.2) is 138 Å². The molecule has 10 aromatic rings. The molecule has 12 N–H and O–H groups in total. The van der Waals surface area contributed by atoms with E-state index >= 15 is 0 Å². The van der Waals surface area contributed by atoms with Crippen molar-refractivity contribution in [2.24, 2.45) is 20.5 Å². The largest absolute Gasteiger partial charge is 0.492 e. The van der Waals surface area contributed by atoms with Crippen LogP contribution in [0, 0.1) is 13.8 Å². The molecule has 0 unspecified atom stereocenters. The summed E-state index contributed by atoms with van der Waals surface area (Å²) in [6, 6.07) is 21.3. The van der Waals surface area contributed by atoms with Gasteiger partial charge in [-0.25, -0.2) is 0 Å². The molecule has 0 spiro atoms. The van der Waals surface area contributed by atoms with Crippen LogP contribution in [0.5, 0.6) is 11.8 Å². The van der Waals surface area contributed by atoms with E-state index in [9.17, 15) is 88.0 Å². The Morgan fingerprint density at radius 1 is 0.365 bits per heavy atom. The van der Waals surface area contributed by atoms with Crippen molar-refractivity contribution in [1.29, 1.82) is 0 Å². The number of hydrogen-bond acceptors (Lipinski definition) is 30. The number of aromatic hydroxyl groups is 2. The molecule has 0 fully saturated rings. The van der Waals surface area contributed by atoms with E-state index in [1.54, 1.807) is 0 Å². The SMILES string of the molecule is Cc1nn(-c2ccc(S(=O)(=O)O)cc2)c(O)c1N=Nc1cc(Nc2nc(Cl)nc(Nc3ccc(-c4ccc(Nc5nc(Cl)nc(Nc6ccc(S(=O)(=O)O)c(N=Nc7c(C)nn(-c8ccc(S(=O)(=O)O)cc8)c7O)c6)n5)cc4S(=O)(=O)O)c(S(=O)(=O)O)c3)n2)ccc1S(=O)(=O)O. The highest BCUT2D eigenvalue weighted by Crippen LogP contribution is 2.41. The van der Waals surface area contributed by atoms with E-state index in [0.717, 1.165) is 94.3 Å². The number of aryl methyl sites for hydroxylation is 2. The van der Waals surface area contributed by atoms with Crippen molar-refractivity contribution >= 4 is 153 Å². The summed E-state index contributed by atoms with van der Waals surface area (Å²) in [7, 11) is -29.7. The molecule has 46 heteroatoms. The van der Waals surface area contributed by atoms with Crippen LogP contribution in [0.4, 0.5) is 69.3 Å². The number of azo groups is 2. The molecule has 4 aromatic heterocycles. The minimum atomic E-state index is -5.30. The van der Waals surface area contributed by atoms with E-state index in [1.165, 1.54) is 50.2 Å². The zero-order valence-corrected chi connectivity index (χ0v) is 53.9. The number of aromatic nitrogens is 10. The fourth-order valence-corrected chi connectivity index (χ4v) is 12.6. The lowest BCUT2D eigenvalue weighted by atomic mass is 10.0. The predicted molar refractivity (Wildman–Crippen MR) is 335 cm³/mol. The molecule has 0 saturated carbocycles. The van der Waals surface area contributed by atoms with Crippen molar-refractivity contribution in [1.82, 2.24) is 49.5 Å². The lowest BCUT2D eigenvalue weighted by Gasteiger charge is -2.15. The Bertz CT molecular complexity index is 5290. The standard InChI is InChI=1S/C50H38Cl2N18O20S6/c1-23-41(43(71)69(67-23)29-7-11-31(12-8-29)91(73,74)75)65-63-35-19-25(5-17-37(35)93(79,80)81)53-47-57-45(51)59-49(61-47)55-27-3-15-33(39(21-27)95(85,86)87)34-16-4-28(22-40(34)96(88,89)90)56-50-60-46(52)58-48(62-50)54-26-6-18-38(94(82,83)84)36(20-26)64-66-42-24(2)68-70(44(42)72)30-9-13-32(14-10-30)92(76,77)78/h3-22,71-72H,1-2H3,(H,73,74,75)(H,76,77,78)(H,79,80,81)(H,82,83,84)(H,85,86,87)(H,88,89,90)(H2,53,55,57,59,61)(H2,54,56,58,60,62). The van der Waals surface area contributed by atoms with Gasteiger partial charge < -0.3 is 31.5 Å². The van der Waals surface area contributed by atoms with Crippen LogP contribution < -0.4 is 21.3 Å². The molecule has 38 nitrogen and oxygen atoms in total. The number of benzene rings is 6. The van der Waals surface area contributed by atoms with Gasteiger partial charge in [-0.1, -0.05) is 12.1 Å². The summed E-state index contributed by atoms with van der Waals surface area (Å²) in [5, 5.41) is 55.7. The van der Waals surface area contributed by atoms with Gasteiger partial charge in [0.25, 0.3) is 60.7 Å². The summed E-state index contributed by atoms with van der Waals surface area (Å²) in [6.07, 6.45) is 0. The number of nitrogens with zero attached hydrogens (tertiary/aromatic N) is 14. The maximum absolute atomic E-state index is 13.1. The molecule has 10 rings (SSSR count). The Hall–Kier alpha value is -10.2. The Balaban J connectivity index is 0.878. The van der Waals surface area contributed by atoms with Gasteiger partial charge in [0.05, 0.1) is 32.6 Å². The third-order valence-corrected chi connectivity index (χ3v) is 18.5. The van der Waals surface area contributed by atoms with E-state index in [0.29, 0.717) is 0 Å². The average Bonchev–Trinajstić information content (AvgIpc) is 0.872. The molecule has 0 aliphatic heterocycles. The molecule has 4 heterocycles. The van der Waals surface area contributed by atoms with Crippen molar-refractivity contribution in [3.8, 4) is 34.3 Å². The summed E-state index contributed by atoms with van der Waals surface area (Å²) in [4.78, 5) is 19.9. The Kier molecular flexibility index (Phi) is 18.5. The van der Waals surface area contributed by atoms with Gasteiger partial charge in [0, 0.05) is 33.9 Å². The van der Waals surface area contributed by atoms with Gasteiger partial charge in [-0.3, -0.25) is 27.3 Å². The summed E-state index contributed by atoms with van der Waals surface area (Å²) < 4.78 is 210. The van der Waals surface area contributed by atoms with Gasteiger partial charge in [-0.2, -0.15) is 100.0 Å². The maximum atomic E-state index is 13.1. The number of anilines is 8. The molecule has 96 heavy (non-hydrogen) atoms. The van der Waals surface area contributed by atoms with E-state index in [2.05, 4.69) is 81.8 Å². The minimum Gasteiger partial charge on any atom is -0.492 e. The lowest BCUT2D eigenvalue weighted by Crippen LogP contribution is -2.08. The second-order valence-electron chi connectivity index (χ2n) is 19.4. The Morgan fingerprint density at radius 3 is 0.948 bits per heavy atom. The Labute approximate surface area is 549 Å². The normalized spacial score (nSPS) is 12.6. The highest BCUT2D eigenvalue weighted by molar-refractivity contribution is 7.87. The van der Waals surface area contributed by atoms with Crippen LogP contribution in [0.25, 0.3) is 22.5 Å². The molecular formula is C50H38Cl2N18O20S6. The second kappa shape index (κ2) is 25.8. The molecule has 0 aliphatic carbocycles. The first kappa shape index (κ1) is 68.7. The topological polar surface area (TPSA) is 577 Å². The van der Waals surface area contributed by atoms with Gasteiger partial charge >= 0.3 is 0 Å². The number of hydrogen-bond donors (Lipinski definition) is 12. The summed E-state index contributed by atoms with van der Waals surface area (Å²) in [6.45, 7) is 2.79. The lowest BCUT2D eigenvalue weighted by molar-refractivity contribution is 0.434. The predicted octanol–water partition coefficient (Wildman–Crippen LogP) is 8.72. The van der Waals surface area contributed by atoms with Crippen molar-refractivity contribution < 1.29 is 88.0 Å². The van der Waals surface area contributed by atoms with Gasteiger partial charge in [-0.15, -0.1) is 20.5 Å². The average molecular weight is 1470 g/mol. The molecule has 0 saturated heterocycles. The fourth-order valence-electron chi connectivity index (χ4n) is 8.63. The van der Waals surface area contributed by atoms with E-state index in [-0.39, 0.29) is 68.8 Å². The van der Waals surface area contributed by atoms with Crippen molar-refractivity contribution in [3.63, 3.8) is 0 Å². The van der Waals surface area contributed by atoms with Crippen molar-refractivity contribution in [2.45, 2.75) is 43.2 Å². The van der Waals surface area contributed by atoms with Gasteiger partial charge in [0.15, 0.2) is 11.4 Å². The maximum Gasteiger partial charge on any atom is 0.296 e. The van der Waals surface area contributed by atoms with Gasteiger partial charge in [-0.05, 0) is 146 Å². The van der Waals surface area contributed by atoms with Crippen molar-refractivity contribution in [2.75, 3.05) is 21.3 Å². The molecule has 0 aliphatic rings.